The molecule has 6 aliphatic rings. The van der Waals surface area contributed by atoms with Crippen LogP contribution in [0.1, 0.15) is 179 Å². The molecule has 2 heterocycles. The second-order valence-corrected chi connectivity index (χ2v) is 22.2. The van der Waals surface area contributed by atoms with Crippen LogP contribution in [-0.2, 0) is 33.5 Å². The number of carbonyl (C=O) groups excluding carboxylic acids is 5. The second-order valence-electron chi connectivity index (χ2n) is 22.2. The molecule has 7 rings (SSSR count). The predicted molar refractivity (Wildman–Crippen MR) is 272 cm³/mol. The first-order valence-electron chi connectivity index (χ1n) is 27.7. The number of aliphatic imine (C=N–C) groups is 1. The van der Waals surface area contributed by atoms with E-state index < -0.39 is 66.2 Å². The van der Waals surface area contributed by atoms with E-state index >= 15 is 0 Å². The number of carbonyl (C=O) groups is 6. The maximum absolute atomic E-state index is 14.9. The van der Waals surface area contributed by atoms with Crippen molar-refractivity contribution in [2.24, 2.45) is 46.4 Å². The third-order valence-electron chi connectivity index (χ3n) is 17.0. The third kappa shape index (κ3) is 17.1. The Labute approximate surface area is 422 Å². The Balaban J connectivity index is 1.06. The molecule has 0 aromatic carbocycles. The number of nitrogens with one attached hydrogen (secondary N) is 5. The number of aromatic nitrogens is 1. The van der Waals surface area contributed by atoms with Crippen molar-refractivity contribution >= 4 is 41.7 Å². The first-order valence-corrected chi connectivity index (χ1v) is 27.7. The van der Waals surface area contributed by atoms with Gasteiger partial charge in [-0.2, -0.15) is 0 Å². The highest BCUT2D eigenvalue weighted by Crippen LogP contribution is 2.41. The van der Waals surface area contributed by atoms with Crippen molar-refractivity contribution in [2.45, 2.75) is 210 Å². The Morgan fingerprint density at radius 2 is 1.31 bits per heavy atom. The SMILES string of the molecule is CC1CCC(OCC(=O)NC(C#Cc2ccncc2)C(=O)NC(CC2CCC(C3CCCCC3)CC2)C(=O)NC(CC2C=NC3CCCCC23)C(=O)NCC(=O)NC(CCC2CCCCC2)C(=O)O)CC1. The summed E-state index contributed by atoms with van der Waals surface area (Å²) in [5.74, 6) is 4.67. The molecule has 15 heteroatoms. The lowest BCUT2D eigenvalue weighted by atomic mass is 9.70. The molecule has 0 spiro atoms. The molecule has 390 valence electrons. The number of carboxylic acid groups (broad SMARTS) is 1. The predicted octanol–water partition coefficient (Wildman–Crippen LogP) is 6.96. The molecule has 15 nitrogen and oxygen atoms in total. The Kier molecular flexibility index (Phi) is 21.2. The Hall–Kier alpha value is -4.84. The van der Waals surface area contributed by atoms with E-state index in [-0.39, 0.29) is 42.9 Å². The standard InChI is InChI=1S/C56H83N7O8/c1-37-16-24-44(25-17-37)71-36-52(65)60-47(26-20-39-28-30-57-31-29-39)54(67)62-49(32-40-18-22-42(23-19-40)41-12-6-3-7-13-41)55(68)63-50(33-43-34-58-46-15-9-8-14-45(43)46)53(66)59-35-51(64)61-48(56(69)70)27-21-38-10-4-2-5-11-38/h28-31,34,37-38,40-50H,2-19,21-25,27,32-33,35-36H2,1H3,(H,59,66)(H,60,65)(H,61,64)(H,62,67)(H,63,68)(H,69,70). The van der Waals surface area contributed by atoms with Gasteiger partial charge in [0.05, 0.1) is 18.7 Å². The lowest BCUT2D eigenvalue weighted by molar-refractivity contribution is -0.142. The maximum atomic E-state index is 14.9. The van der Waals surface area contributed by atoms with E-state index in [2.05, 4.69) is 50.3 Å². The molecule has 5 fully saturated rings. The Bertz CT molecular complexity index is 2000. The summed E-state index contributed by atoms with van der Waals surface area (Å²) in [6, 6.07) is -0.979. The number of hydrogen-bond acceptors (Lipinski definition) is 9. The summed E-state index contributed by atoms with van der Waals surface area (Å²) < 4.78 is 6.00. The number of nitrogens with zero attached hydrogens (tertiary/aromatic N) is 2. The van der Waals surface area contributed by atoms with Gasteiger partial charge in [0.25, 0.3) is 5.91 Å². The van der Waals surface area contributed by atoms with E-state index in [1.165, 1.54) is 38.5 Å². The van der Waals surface area contributed by atoms with Gasteiger partial charge in [-0.15, -0.1) is 0 Å². The quantitative estimate of drug-likeness (QED) is 0.0702. The van der Waals surface area contributed by atoms with Crippen LogP contribution in [0.5, 0.6) is 0 Å². The van der Waals surface area contributed by atoms with Crippen LogP contribution in [-0.4, -0.2) is 101 Å². The molecule has 71 heavy (non-hydrogen) atoms. The monoisotopic (exact) mass is 982 g/mol. The van der Waals surface area contributed by atoms with Crippen LogP contribution in [0.15, 0.2) is 29.5 Å². The van der Waals surface area contributed by atoms with Crippen molar-refractivity contribution in [2.75, 3.05) is 13.2 Å². The molecule has 1 aromatic rings. The molecule has 1 aromatic heterocycles. The lowest BCUT2D eigenvalue weighted by Gasteiger charge is -2.37. The number of amides is 5. The van der Waals surface area contributed by atoms with Gasteiger partial charge in [-0.3, -0.25) is 33.9 Å². The summed E-state index contributed by atoms with van der Waals surface area (Å²) in [6.07, 6.45) is 30.5. The van der Waals surface area contributed by atoms with Gasteiger partial charge < -0.3 is 36.4 Å². The van der Waals surface area contributed by atoms with Crippen molar-refractivity contribution < 1.29 is 38.6 Å². The summed E-state index contributed by atoms with van der Waals surface area (Å²) >= 11 is 0. The van der Waals surface area contributed by atoms with Crippen LogP contribution in [0, 0.1) is 53.3 Å². The number of carboxylic acids is 1. The molecule has 0 saturated heterocycles. The van der Waals surface area contributed by atoms with Gasteiger partial charge in [-0.1, -0.05) is 109 Å². The molecule has 7 atom stereocenters. The zero-order chi connectivity index (χ0) is 50.0. The number of aliphatic carboxylic acids is 1. The second kappa shape index (κ2) is 27.8. The fourth-order valence-electron chi connectivity index (χ4n) is 12.7. The van der Waals surface area contributed by atoms with E-state index in [1.54, 1.807) is 24.5 Å². The Morgan fingerprint density at radius 3 is 2.03 bits per heavy atom. The minimum absolute atomic E-state index is 0.0370. The number of ether oxygens (including phenoxy) is 1. The van der Waals surface area contributed by atoms with Gasteiger partial charge >= 0.3 is 5.97 Å². The highest BCUT2D eigenvalue weighted by molar-refractivity contribution is 5.96. The van der Waals surface area contributed by atoms with Crippen molar-refractivity contribution in [3.8, 4) is 11.8 Å². The first kappa shape index (κ1) is 53.9. The fraction of sp³-hybridized carbons (Fsp3) is 0.750. The van der Waals surface area contributed by atoms with Crippen molar-refractivity contribution in [3.63, 3.8) is 0 Å². The van der Waals surface area contributed by atoms with Gasteiger partial charge in [0.15, 0.2) is 6.04 Å². The summed E-state index contributed by atoms with van der Waals surface area (Å²) in [6.45, 7) is 1.52. The van der Waals surface area contributed by atoms with Crippen LogP contribution >= 0.6 is 0 Å². The van der Waals surface area contributed by atoms with Crippen LogP contribution < -0.4 is 26.6 Å². The molecule has 0 bridgehead atoms. The molecule has 5 saturated carbocycles. The van der Waals surface area contributed by atoms with E-state index in [4.69, 9.17) is 9.73 Å². The van der Waals surface area contributed by atoms with Crippen molar-refractivity contribution in [3.05, 3.63) is 30.1 Å². The lowest BCUT2D eigenvalue weighted by Crippen LogP contribution is -2.58. The molecule has 6 N–H and O–H groups in total. The van der Waals surface area contributed by atoms with E-state index in [1.807, 2.05) is 6.21 Å². The molecule has 5 amide bonds. The zero-order valence-electron chi connectivity index (χ0n) is 42.4. The van der Waals surface area contributed by atoms with Crippen LogP contribution in [0.25, 0.3) is 0 Å². The smallest absolute Gasteiger partial charge is 0.326 e. The van der Waals surface area contributed by atoms with Crippen LogP contribution in [0.3, 0.4) is 0 Å². The zero-order valence-corrected chi connectivity index (χ0v) is 42.4. The topological polar surface area (TPSA) is 217 Å². The van der Waals surface area contributed by atoms with E-state index in [9.17, 15) is 33.9 Å². The highest BCUT2D eigenvalue weighted by atomic mass is 16.5. The van der Waals surface area contributed by atoms with Crippen LogP contribution in [0.4, 0.5) is 0 Å². The molecule has 0 radical (unpaired) electrons. The molecule has 5 aliphatic carbocycles. The summed E-state index contributed by atoms with van der Waals surface area (Å²) in [5.41, 5.74) is 0.597. The largest absolute Gasteiger partial charge is 0.480 e. The van der Waals surface area contributed by atoms with E-state index in [0.717, 1.165) is 109 Å². The van der Waals surface area contributed by atoms with Gasteiger partial charge in [0.1, 0.15) is 24.7 Å². The average Bonchev–Trinajstić information content (AvgIpc) is 3.80. The first-order chi connectivity index (χ1) is 34.5. The number of pyridine rings is 1. The number of fused-ring (bicyclic) bond motifs is 1. The highest BCUT2D eigenvalue weighted by Gasteiger charge is 2.40. The minimum Gasteiger partial charge on any atom is -0.480 e. The molecular formula is C56H83N7O8. The van der Waals surface area contributed by atoms with Gasteiger partial charge in [0.2, 0.25) is 23.6 Å². The van der Waals surface area contributed by atoms with Gasteiger partial charge in [-0.25, -0.2) is 4.79 Å². The molecule has 1 aliphatic heterocycles. The number of hydrogen-bond donors (Lipinski definition) is 6. The fourth-order valence-corrected chi connectivity index (χ4v) is 12.7. The summed E-state index contributed by atoms with van der Waals surface area (Å²) in [5, 5.41) is 24.1. The summed E-state index contributed by atoms with van der Waals surface area (Å²) in [4.78, 5) is 91.6. The molecule has 7 unspecified atom stereocenters. The van der Waals surface area contributed by atoms with Crippen molar-refractivity contribution in [1.29, 1.82) is 0 Å². The third-order valence-corrected chi connectivity index (χ3v) is 17.0. The van der Waals surface area contributed by atoms with Crippen molar-refractivity contribution in [1.82, 2.24) is 31.6 Å². The minimum atomic E-state index is -1.32. The summed E-state index contributed by atoms with van der Waals surface area (Å²) in [7, 11) is 0. The van der Waals surface area contributed by atoms with Gasteiger partial charge in [0, 0.05) is 30.1 Å². The Morgan fingerprint density at radius 1 is 0.662 bits per heavy atom. The normalized spacial score (nSPS) is 27.5. The maximum Gasteiger partial charge on any atom is 0.326 e. The molecular weight excluding hydrogens is 899 g/mol. The van der Waals surface area contributed by atoms with Crippen LogP contribution in [0.2, 0.25) is 0 Å². The van der Waals surface area contributed by atoms with E-state index in [0.29, 0.717) is 42.6 Å². The average molecular weight is 982 g/mol. The number of rotatable bonds is 21. The van der Waals surface area contributed by atoms with Gasteiger partial charge in [-0.05, 0) is 125 Å².